The summed E-state index contributed by atoms with van der Waals surface area (Å²) in [6.45, 7) is 7.04. The third-order valence-corrected chi connectivity index (χ3v) is 6.14. The van der Waals surface area contributed by atoms with Gasteiger partial charge < -0.3 is 0 Å². The lowest BCUT2D eigenvalue weighted by Gasteiger charge is -2.30. The molecule has 96 valence electrons. The molecular weight excluding hydrogens is 224 g/mol. The molecule has 0 fully saturated rings. The average molecular weight is 250 g/mol. The van der Waals surface area contributed by atoms with E-state index in [-0.39, 0.29) is 0 Å². The maximum absolute atomic E-state index is 2.58. The van der Waals surface area contributed by atoms with Gasteiger partial charge in [0.2, 0.25) is 0 Å². The van der Waals surface area contributed by atoms with Gasteiger partial charge in [-0.25, -0.2) is 0 Å². The maximum atomic E-state index is 2.58. The highest BCUT2D eigenvalue weighted by molar-refractivity contribution is 8.18. The Bertz CT molecular complexity index is 352. The second-order valence-corrected chi connectivity index (χ2v) is 8.39. The fourth-order valence-corrected chi connectivity index (χ4v) is 4.66. The Morgan fingerprint density at radius 2 is 2.00 bits per heavy atom. The average Bonchev–Trinajstić information content (AvgIpc) is 2.56. The summed E-state index contributed by atoms with van der Waals surface area (Å²) in [5, 5.41) is 2.58. The first-order chi connectivity index (χ1) is 8.07. The van der Waals surface area contributed by atoms with Gasteiger partial charge >= 0.3 is 0 Å². The molecule has 0 spiro atoms. The van der Waals surface area contributed by atoms with Crippen LogP contribution >= 0.6 is 10.5 Å². The van der Waals surface area contributed by atoms with Crippen LogP contribution in [0.1, 0.15) is 52.9 Å². The molecule has 0 amide bonds. The Labute approximate surface area is 109 Å². The normalized spacial score (nSPS) is 30.4. The fourth-order valence-electron chi connectivity index (χ4n) is 2.54. The molecule has 1 heteroatoms. The van der Waals surface area contributed by atoms with E-state index >= 15 is 0 Å². The summed E-state index contributed by atoms with van der Waals surface area (Å²) >= 11 is 0. The van der Waals surface area contributed by atoms with Gasteiger partial charge in [-0.05, 0) is 47.7 Å². The van der Waals surface area contributed by atoms with E-state index in [1.165, 1.54) is 37.9 Å². The minimum Gasteiger partial charge on any atom is -0.159 e. The quantitative estimate of drug-likeness (QED) is 0.565. The Morgan fingerprint density at radius 3 is 2.65 bits per heavy atom. The maximum Gasteiger partial charge on any atom is -0.00293 e. The number of hydrogen-bond acceptors (Lipinski definition) is 0. The van der Waals surface area contributed by atoms with Crippen molar-refractivity contribution in [2.45, 2.75) is 52.9 Å². The highest BCUT2D eigenvalue weighted by Crippen LogP contribution is 2.38. The van der Waals surface area contributed by atoms with Crippen molar-refractivity contribution < 1.29 is 0 Å². The van der Waals surface area contributed by atoms with Crippen LogP contribution in [0.15, 0.2) is 23.1 Å². The van der Waals surface area contributed by atoms with Crippen molar-refractivity contribution in [2.75, 3.05) is 5.75 Å². The van der Waals surface area contributed by atoms with Crippen LogP contribution < -0.4 is 0 Å². The van der Waals surface area contributed by atoms with E-state index < -0.39 is 0 Å². The molecule has 1 heterocycles. The fraction of sp³-hybridized carbons (Fsp3) is 0.688. The lowest BCUT2D eigenvalue weighted by molar-refractivity contribution is 0.293. The smallest absolute Gasteiger partial charge is 0.00293 e. The van der Waals surface area contributed by atoms with E-state index in [1.54, 1.807) is 4.91 Å². The summed E-state index contributed by atoms with van der Waals surface area (Å²) in [4.78, 5) is 1.62. The van der Waals surface area contributed by atoms with Crippen LogP contribution in [-0.2, 0) is 0 Å². The molecule has 2 atom stereocenters. The van der Waals surface area contributed by atoms with Gasteiger partial charge in [0.25, 0.3) is 0 Å². The van der Waals surface area contributed by atoms with Gasteiger partial charge in [-0.15, -0.1) is 0 Å². The molecule has 0 saturated heterocycles. The highest BCUT2D eigenvalue weighted by Gasteiger charge is 2.23. The predicted molar refractivity (Wildman–Crippen MR) is 81.8 cm³/mol. The molecule has 0 bridgehead atoms. The van der Waals surface area contributed by atoms with Crippen molar-refractivity contribution in [1.29, 1.82) is 0 Å². The van der Waals surface area contributed by atoms with Crippen LogP contribution in [0.5, 0.6) is 0 Å². The van der Waals surface area contributed by atoms with Gasteiger partial charge in [0.15, 0.2) is 0 Å². The first-order valence-electron chi connectivity index (χ1n) is 6.99. The second kappa shape index (κ2) is 5.56. The molecular formula is C16H26S. The van der Waals surface area contributed by atoms with E-state index in [1.807, 2.05) is 0 Å². The van der Waals surface area contributed by atoms with Crippen molar-refractivity contribution in [3.05, 3.63) is 23.1 Å². The summed E-state index contributed by atoms with van der Waals surface area (Å²) in [7, 11) is 0.459. The lowest BCUT2D eigenvalue weighted by Crippen LogP contribution is -2.19. The molecule has 17 heavy (non-hydrogen) atoms. The zero-order valence-electron chi connectivity index (χ0n) is 11.5. The molecule has 2 rings (SSSR count). The number of rotatable bonds is 1. The molecule has 0 aromatic carbocycles. The first-order valence-corrected chi connectivity index (χ1v) is 8.44. The van der Waals surface area contributed by atoms with Gasteiger partial charge in [-0.2, -0.15) is 10.5 Å². The molecule has 0 radical (unpaired) electrons. The van der Waals surface area contributed by atoms with Crippen molar-refractivity contribution in [2.24, 2.45) is 11.3 Å². The molecule has 0 aromatic heterocycles. The van der Waals surface area contributed by atoms with Crippen molar-refractivity contribution in [3.8, 4) is 0 Å². The largest absolute Gasteiger partial charge is 0.159 e. The Hall–Kier alpha value is -0.300. The molecule has 0 nitrogen and oxygen atoms in total. The SMILES string of the molecule is CC(C)(C)C1C=CC(S2=CCCCCC2)=CC1. The van der Waals surface area contributed by atoms with Crippen LogP contribution in [0.4, 0.5) is 0 Å². The summed E-state index contributed by atoms with van der Waals surface area (Å²) < 4.78 is 0. The first kappa shape index (κ1) is 13.1. The summed E-state index contributed by atoms with van der Waals surface area (Å²) in [6.07, 6.45) is 14.2. The minimum atomic E-state index is 0.412. The number of allylic oxidation sites excluding steroid dienone is 3. The lowest BCUT2D eigenvalue weighted by atomic mass is 9.77. The van der Waals surface area contributed by atoms with Gasteiger partial charge in [-0.1, -0.05) is 50.8 Å². The van der Waals surface area contributed by atoms with Crippen LogP contribution in [0.25, 0.3) is 0 Å². The monoisotopic (exact) mass is 250 g/mol. The van der Waals surface area contributed by atoms with Gasteiger partial charge in [0.1, 0.15) is 0 Å². The van der Waals surface area contributed by atoms with E-state index in [4.69, 9.17) is 0 Å². The molecule has 0 N–H and O–H groups in total. The van der Waals surface area contributed by atoms with E-state index in [0.717, 1.165) is 5.92 Å². The summed E-state index contributed by atoms with van der Waals surface area (Å²) in [6, 6.07) is 0. The zero-order valence-corrected chi connectivity index (χ0v) is 12.4. The van der Waals surface area contributed by atoms with Crippen LogP contribution in [0.2, 0.25) is 0 Å². The molecule has 2 unspecified atom stereocenters. The Morgan fingerprint density at radius 1 is 1.18 bits per heavy atom. The Balaban J connectivity index is 2.04. The third kappa shape index (κ3) is 3.58. The number of hydrogen-bond donors (Lipinski definition) is 0. The van der Waals surface area contributed by atoms with Crippen LogP contribution in [0.3, 0.4) is 0 Å². The summed E-state index contributed by atoms with van der Waals surface area (Å²) in [5.41, 5.74) is 0.412. The van der Waals surface area contributed by atoms with Crippen molar-refractivity contribution >= 4 is 15.9 Å². The molecule has 2 aliphatic rings. The van der Waals surface area contributed by atoms with Gasteiger partial charge in [0, 0.05) is 0 Å². The van der Waals surface area contributed by atoms with Gasteiger partial charge in [-0.3, -0.25) is 0 Å². The van der Waals surface area contributed by atoms with E-state index in [2.05, 4.69) is 44.4 Å². The Kier molecular flexibility index (Phi) is 4.30. The molecule has 0 aromatic rings. The topological polar surface area (TPSA) is 0 Å². The molecule has 1 aliphatic heterocycles. The predicted octanol–water partition coefficient (Wildman–Crippen LogP) is 5.14. The van der Waals surface area contributed by atoms with E-state index in [9.17, 15) is 0 Å². The minimum absolute atomic E-state index is 0.412. The van der Waals surface area contributed by atoms with Crippen LogP contribution in [0, 0.1) is 11.3 Å². The van der Waals surface area contributed by atoms with Crippen molar-refractivity contribution in [1.82, 2.24) is 0 Å². The zero-order chi connectivity index (χ0) is 12.3. The molecule has 0 saturated carbocycles. The van der Waals surface area contributed by atoms with E-state index in [0.29, 0.717) is 15.9 Å². The van der Waals surface area contributed by atoms with Gasteiger partial charge in [0.05, 0.1) is 0 Å². The second-order valence-electron chi connectivity index (χ2n) is 6.32. The summed E-state index contributed by atoms with van der Waals surface area (Å²) in [5.74, 6) is 2.12. The van der Waals surface area contributed by atoms with Crippen molar-refractivity contribution in [3.63, 3.8) is 0 Å². The third-order valence-electron chi connectivity index (χ3n) is 3.87. The standard InChI is InChI=1S/C16H26S/c1-16(2,3)14-8-10-15(11-9-14)17-12-6-4-5-7-13-17/h8,10-12,14H,4-7,9,13H2,1-3H3. The van der Waals surface area contributed by atoms with Crippen LogP contribution in [-0.4, -0.2) is 11.1 Å². The highest BCUT2D eigenvalue weighted by atomic mass is 32.2. The molecule has 1 aliphatic carbocycles.